The molecule has 1 aliphatic rings. The van der Waals surface area contributed by atoms with Crippen molar-refractivity contribution in [3.05, 3.63) is 59.9 Å². The van der Waals surface area contributed by atoms with Crippen molar-refractivity contribution in [2.75, 3.05) is 5.32 Å². The van der Waals surface area contributed by atoms with Crippen LogP contribution in [0.1, 0.15) is 55.1 Å². The Labute approximate surface area is 159 Å². The van der Waals surface area contributed by atoms with E-state index in [-0.39, 0.29) is 17.7 Å². The molecule has 1 aliphatic carbocycles. The molecule has 0 atom stereocenters. The van der Waals surface area contributed by atoms with Crippen LogP contribution in [-0.2, 0) is 4.79 Å². The zero-order valence-electron chi connectivity index (χ0n) is 15.4. The summed E-state index contributed by atoms with van der Waals surface area (Å²) in [5, 5.41) is 7.15. The monoisotopic (exact) mass is 364 g/mol. The summed E-state index contributed by atoms with van der Waals surface area (Å²) in [5.74, 6) is -0.170. The SMILES string of the molecule is CC(=NNC(=O)c1ccccn1)c1cccc(NC(=O)C2CCCCC2)c1. The van der Waals surface area contributed by atoms with E-state index in [1.165, 1.54) is 6.42 Å². The van der Waals surface area contributed by atoms with Crippen LogP contribution in [0.25, 0.3) is 0 Å². The zero-order chi connectivity index (χ0) is 19.1. The number of pyridine rings is 1. The number of hydrogen-bond donors (Lipinski definition) is 2. The van der Waals surface area contributed by atoms with Crippen molar-refractivity contribution in [3.63, 3.8) is 0 Å². The first-order chi connectivity index (χ1) is 13.1. The number of nitrogens with one attached hydrogen (secondary N) is 2. The van der Waals surface area contributed by atoms with Gasteiger partial charge in [0.15, 0.2) is 0 Å². The Kier molecular flexibility index (Phi) is 6.30. The summed E-state index contributed by atoms with van der Waals surface area (Å²) in [6.07, 6.45) is 6.96. The fraction of sp³-hybridized carbons (Fsp3) is 0.333. The molecular formula is C21H24N4O2. The Bertz CT molecular complexity index is 827. The molecule has 0 spiro atoms. The number of hydrogen-bond acceptors (Lipinski definition) is 4. The van der Waals surface area contributed by atoms with Gasteiger partial charge in [0.05, 0.1) is 5.71 Å². The molecule has 2 amide bonds. The van der Waals surface area contributed by atoms with Gasteiger partial charge in [0.2, 0.25) is 5.91 Å². The van der Waals surface area contributed by atoms with Gasteiger partial charge in [0, 0.05) is 17.8 Å². The molecule has 1 aromatic carbocycles. The van der Waals surface area contributed by atoms with Crippen molar-refractivity contribution in [2.24, 2.45) is 11.0 Å². The van der Waals surface area contributed by atoms with Gasteiger partial charge < -0.3 is 5.32 Å². The topological polar surface area (TPSA) is 83.4 Å². The average Bonchev–Trinajstić information content (AvgIpc) is 2.73. The average molecular weight is 364 g/mol. The molecule has 1 saturated carbocycles. The maximum atomic E-state index is 12.4. The van der Waals surface area contributed by atoms with Crippen molar-refractivity contribution in [1.82, 2.24) is 10.4 Å². The highest BCUT2D eigenvalue weighted by atomic mass is 16.2. The molecule has 1 fully saturated rings. The zero-order valence-corrected chi connectivity index (χ0v) is 15.4. The second-order valence-corrected chi connectivity index (χ2v) is 6.76. The van der Waals surface area contributed by atoms with Crippen LogP contribution in [0.5, 0.6) is 0 Å². The van der Waals surface area contributed by atoms with E-state index in [1.54, 1.807) is 31.3 Å². The molecule has 27 heavy (non-hydrogen) atoms. The standard InChI is InChI=1S/C21H24N4O2/c1-15(24-25-21(27)19-12-5-6-13-22-19)17-10-7-11-18(14-17)23-20(26)16-8-3-2-4-9-16/h5-7,10-14,16H,2-4,8-9H2,1H3,(H,23,26)(H,25,27). The maximum absolute atomic E-state index is 12.4. The van der Waals surface area contributed by atoms with Crippen molar-refractivity contribution in [3.8, 4) is 0 Å². The van der Waals surface area contributed by atoms with E-state index >= 15 is 0 Å². The first-order valence-electron chi connectivity index (χ1n) is 9.30. The van der Waals surface area contributed by atoms with Crippen LogP contribution >= 0.6 is 0 Å². The third-order valence-electron chi connectivity index (χ3n) is 4.75. The Morgan fingerprint density at radius 1 is 1.07 bits per heavy atom. The first kappa shape index (κ1) is 18.8. The van der Waals surface area contributed by atoms with Crippen LogP contribution in [0.4, 0.5) is 5.69 Å². The van der Waals surface area contributed by atoms with Gasteiger partial charge in [-0.1, -0.05) is 37.5 Å². The normalized spacial score (nSPS) is 15.2. The smallest absolute Gasteiger partial charge is 0.289 e. The number of carbonyl (C=O) groups excluding carboxylic acids is 2. The van der Waals surface area contributed by atoms with Gasteiger partial charge in [-0.2, -0.15) is 5.10 Å². The summed E-state index contributed by atoms with van der Waals surface area (Å²) in [4.78, 5) is 28.4. The lowest BCUT2D eigenvalue weighted by Gasteiger charge is -2.20. The summed E-state index contributed by atoms with van der Waals surface area (Å²) in [5.41, 5.74) is 5.04. The second-order valence-electron chi connectivity index (χ2n) is 6.76. The number of nitrogens with zero attached hydrogens (tertiary/aromatic N) is 2. The molecule has 1 aromatic heterocycles. The van der Waals surface area contributed by atoms with Gasteiger partial charge in [0.25, 0.3) is 5.91 Å². The van der Waals surface area contributed by atoms with Crippen LogP contribution in [0.3, 0.4) is 0 Å². The van der Waals surface area contributed by atoms with Crippen LogP contribution in [0.2, 0.25) is 0 Å². The van der Waals surface area contributed by atoms with Gasteiger partial charge in [-0.05, 0) is 49.6 Å². The minimum absolute atomic E-state index is 0.0879. The molecule has 0 aliphatic heterocycles. The molecule has 0 bridgehead atoms. The largest absolute Gasteiger partial charge is 0.326 e. The summed E-state index contributed by atoms with van der Waals surface area (Å²) in [7, 11) is 0. The highest BCUT2D eigenvalue weighted by Gasteiger charge is 2.21. The van der Waals surface area contributed by atoms with E-state index in [1.807, 2.05) is 24.3 Å². The molecule has 0 saturated heterocycles. The highest BCUT2D eigenvalue weighted by molar-refractivity contribution is 6.02. The van der Waals surface area contributed by atoms with Crippen molar-refractivity contribution >= 4 is 23.2 Å². The van der Waals surface area contributed by atoms with Crippen LogP contribution in [0.15, 0.2) is 53.8 Å². The van der Waals surface area contributed by atoms with E-state index in [4.69, 9.17) is 0 Å². The van der Waals surface area contributed by atoms with E-state index in [0.717, 1.165) is 36.9 Å². The third-order valence-corrected chi connectivity index (χ3v) is 4.75. The summed E-state index contributed by atoms with van der Waals surface area (Å²) < 4.78 is 0. The Morgan fingerprint density at radius 2 is 1.89 bits per heavy atom. The number of amides is 2. The number of hydrazone groups is 1. The van der Waals surface area contributed by atoms with Crippen LogP contribution in [0, 0.1) is 5.92 Å². The highest BCUT2D eigenvalue weighted by Crippen LogP contribution is 2.25. The fourth-order valence-electron chi connectivity index (χ4n) is 3.18. The molecule has 0 unspecified atom stereocenters. The number of benzene rings is 1. The molecule has 6 nitrogen and oxygen atoms in total. The van der Waals surface area contributed by atoms with Gasteiger partial charge in [-0.25, -0.2) is 5.43 Å². The van der Waals surface area contributed by atoms with E-state index < -0.39 is 0 Å². The quantitative estimate of drug-likeness (QED) is 0.626. The van der Waals surface area contributed by atoms with Gasteiger partial charge >= 0.3 is 0 Å². The van der Waals surface area contributed by atoms with E-state index in [0.29, 0.717) is 11.4 Å². The molecular weight excluding hydrogens is 340 g/mol. The fourth-order valence-corrected chi connectivity index (χ4v) is 3.18. The molecule has 3 rings (SSSR count). The van der Waals surface area contributed by atoms with Gasteiger partial charge in [-0.3, -0.25) is 14.6 Å². The Morgan fingerprint density at radius 3 is 2.63 bits per heavy atom. The third kappa shape index (κ3) is 5.23. The summed E-state index contributed by atoms with van der Waals surface area (Å²) in [6.45, 7) is 1.81. The summed E-state index contributed by atoms with van der Waals surface area (Å²) >= 11 is 0. The van der Waals surface area contributed by atoms with Gasteiger partial charge in [0.1, 0.15) is 5.69 Å². The second kappa shape index (κ2) is 9.07. The van der Waals surface area contributed by atoms with Crippen molar-refractivity contribution in [1.29, 1.82) is 0 Å². The first-order valence-corrected chi connectivity index (χ1v) is 9.30. The number of anilines is 1. The van der Waals surface area contributed by atoms with Crippen LogP contribution < -0.4 is 10.7 Å². The van der Waals surface area contributed by atoms with E-state index in [2.05, 4.69) is 20.8 Å². The maximum Gasteiger partial charge on any atom is 0.289 e. The minimum Gasteiger partial charge on any atom is -0.326 e. The molecule has 2 N–H and O–H groups in total. The Balaban J connectivity index is 1.63. The number of rotatable bonds is 5. The molecule has 6 heteroatoms. The minimum atomic E-state index is -0.364. The lowest BCUT2D eigenvalue weighted by molar-refractivity contribution is -0.120. The molecule has 0 radical (unpaired) electrons. The van der Waals surface area contributed by atoms with Crippen molar-refractivity contribution in [2.45, 2.75) is 39.0 Å². The van der Waals surface area contributed by atoms with Crippen LogP contribution in [-0.4, -0.2) is 22.5 Å². The number of aromatic nitrogens is 1. The molecule has 2 aromatic rings. The van der Waals surface area contributed by atoms with Crippen molar-refractivity contribution < 1.29 is 9.59 Å². The lowest BCUT2D eigenvalue weighted by atomic mass is 9.88. The van der Waals surface area contributed by atoms with E-state index in [9.17, 15) is 9.59 Å². The molecule has 140 valence electrons. The summed E-state index contributed by atoms with van der Waals surface area (Å²) in [6, 6.07) is 12.6. The number of carbonyl (C=O) groups is 2. The predicted molar refractivity (Wildman–Crippen MR) is 106 cm³/mol. The Hall–Kier alpha value is -3.02. The molecule has 1 heterocycles. The van der Waals surface area contributed by atoms with Gasteiger partial charge in [-0.15, -0.1) is 0 Å². The predicted octanol–water partition coefficient (Wildman–Crippen LogP) is 3.75. The lowest BCUT2D eigenvalue weighted by Crippen LogP contribution is -2.24.